The van der Waals surface area contributed by atoms with E-state index in [9.17, 15) is 10.1 Å². The van der Waals surface area contributed by atoms with Crippen molar-refractivity contribution >= 4 is 11.5 Å². The molecule has 0 atom stereocenters. The van der Waals surface area contributed by atoms with Gasteiger partial charge in [0.25, 0.3) is 5.69 Å². The molecule has 2 rings (SSSR count). The van der Waals surface area contributed by atoms with Crippen molar-refractivity contribution in [2.75, 3.05) is 11.9 Å². The minimum Gasteiger partial charge on any atom is -0.435 e. The number of hydrogen-bond acceptors (Lipinski definition) is 6. The Bertz CT molecular complexity index is 681. The van der Waals surface area contributed by atoms with Crippen LogP contribution in [-0.4, -0.2) is 26.2 Å². The summed E-state index contributed by atoms with van der Waals surface area (Å²) in [6.45, 7) is 6.16. The first-order chi connectivity index (χ1) is 9.92. The quantitative estimate of drug-likeness (QED) is 0.672. The molecule has 0 unspecified atom stereocenters. The van der Waals surface area contributed by atoms with E-state index in [0.717, 1.165) is 5.69 Å². The fraction of sp³-hybridized carbons (Fsp3) is 0.385. The molecule has 0 fully saturated rings. The molecule has 1 N–H and O–H groups in total. The van der Waals surface area contributed by atoms with Crippen LogP contribution in [0.25, 0.3) is 0 Å². The Balaban J connectivity index is 2.40. The van der Waals surface area contributed by atoms with Crippen LogP contribution >= 0.6 is 0 Å². The first-order valence-electron chi connectivity index (χ1n) is 6.50. The highest BCUT2D eigenvalue weighted by atomic mass is 16.6. The van der Waals surface area contributed by atoms with Gasteiger partial charge in [-0.2, -0.15) is 10.1 Å². The van der Waals surface area contributed by atoms with Crippen LogP contribution in [0.3, 0.4) is 0 Å². The van der Waals surface area contributed by atoms with Crippen molar-refractivity contribution in [1.82, 2.24) is 14.8 Å². The van der Waals surface area contributed by atoms with Crippen LogP contribution < -0.4 is 10.1 Å². The fourth-order valence-electron chi connectivity index (χ4n) is 1.93. The summed E-state index contributed by atoms with van der Waals surface area (Å²) in [5.74, 6) is 1.13. The van der Waals surface area contributed by atoms with Crippen molar-refractivity contribution in [2.45, 2.75) is 20.8 Å². The van der Waals surface area contributed by atoms with Gasteiger partial charge in [-0.25, -0.2) is 0 Å². The predicted molar refractivity (Wildman–Crippen MR) is 77.8 cm³/mol. The lowest BCUT2D eigenvalue weighted by Gasteiger charge is -2.08. The maximum Gasteiger partial charge on any atom is 0.278 e. The van der Waals surface area contributed by atoms with Crippen LogP contribution in [0, 0.1) is 24.0 Å². The average Bonchev–Trinajstić information content (AvgIpc) is 2.65. The number of nitrogens with one attached hydrogen (secondary N) is 1. The lowest BCUT2D eigenvalue weighted by atomic mass is 10.3. The van der Waals surface area contributed by atoms with E-state index in [1.165, 1.54) is 12.1 Å². The normalized spacial score (nSPS) is 10.5. The highest BCUT2D eigenvalue weighted by Crippen LogP contribution is 2.30. The van der Waals surface area contributed by atoms with Gasteiger partial charge in [0.05, 0.1) is 22.7 Å². The van der Waals surface area contributed by atoms with E-state index < -0.39 is 4.92 Å². The first kappa shape index (κ1) is 14.8. The minimum absolute atomic E-state index is 0.0739. The van der Waals surface area contributed by atoms with Gasteiger partial charge in [-0.1, -0.05) is 0 Å². The first-order valence-corrected chi connectivity index (χ1v) is 6.50. The molecule has 0 saturated heterocycles. The zero-order valence-corrected chi connectivity index (χ0v) is 12.4. The van der Waals surface area contributed by atoms with Crippen LogP contribution in [0.1, 0.15) is 18.3 Å². The summed E-state index contributed by atoms with van der Waals surface area (Å²) in [7, 11) is 1.81. The molecule has 0 bridgehead atoms. The molecule has 0 aromatic carbocycles. The molecule has 8 heteroatoms. The van der Waals surface area contributed by atoms with Gasteiger partial charge >= 0.3 is 0 Å². The molecule has 2 aromatic rings. The minimum atomic E-state index is -0.474. The van der Waals surface area contributed by atoms with E-state index in [1.807, 2.05) is 20.8 Å². The number of anilines is 1. The molecular formula is C13H17N5O3. The number of pyridine rings is 1. The SMILES string of the molecule is CCNc1cc([N+](=O)[O-])cc(Oc2c(C)nn(C)c2C)n1. The third-order valence-corrected chi connectivity index (χ3v) is 3.00. The van der Waals surface area contributed by atoms with E-state index in [0.29, 0.717) is 23.8 Å². The number of rotatable bonds is 5. The monoisotopic (exact) mass is 291 g/mol. The molecule has 0 spiro atoms. The van der Waals surface area contributed by atoms with E-state index >= 15 is 0 Å². The summed E-state index contributed by atoms with van der Waals surface area (Å²) >= 11 is 0. The fourth-order valence-corrected chi connectivity index (χ4v) is 1.93. The second-order valence-electron chi connectivity index (χ2n) is 4.56. The highest BCUT2D eigenvalue weighted by molar-refractivity contribution is 5.49. The van der Waals surface area contributed by atoms with Crippen LogP contribution in [0.2, 0.25) is 0 Å². The zero-order valence-electron chi connectivity index (χ0n) is 12.4. The summed E-state index contributed by atoms with van der Waals surface area (Å²) in [5, 5.41) is 18.2. The Morgan fingerprint density at radius 1 is 1.43 bits per heavy atom. The topological polar surface area (TPSA) is 95.1 Å². The second-order valence-corrected chi connectivity index (χ2v) is 4.56. The third kappa shape index (κ3) is 3.10. The number of aromatic nitrogens is 3. The van der Waals surface area contributed by atoms with Gasteiger partial charge in [0, 0.05) is 13.6 Å². The Labute approximate surface area is 121 Å². The lowest BCUT2D eigenvalue weighted by molar-refractivity contribution is -0.384. The van der Waals surface area contributed by atoms with Gasteiger partial charge in [0.2, 0.25) is 5.88 Å². The molecule has 2 heterocycles. The molecule has 112 valence electrons. The smallest absolute Gasteiger partial charge is 0.278 e. The molecule has 0 amide bonds. The van der Waals surface area contributed by atoms with Crippen molar-refractivity contribution in [3.63, 3.8) is 0 Å². The molecule has 0 radical (unpaired) electrons. The van der Waals surface area contributed by atoms with E-state index in [4.69, 9.17) is 4.74 Å². The molecule has 0 aliphatic heterocycles. The van der Waals surface area contributed by atoms with Gasteiger partial charge in [-0.3, -0.25) is 14.8 Å². The van der Waals surface area contributed by atoms with E-state index in [1.54, 1.807) is 11.7 Å². The molecule has 0 aliphatic carbocycles. The predicted octanol–water partition coefficient (Wildman–Crippen LogP) is 2.56. The van der Waals surface area contributed by atoms with Crippen molar-refractivity contribution < 1.29 is 9.66 Å². The number of hydrogen-bond donors (Lipinski definition) is 1. The second kappa shape index (κ2) is 5.78. The summed E-state index contributed by atoms with van der Waals surface area (Å²) in [6.07, 6.45) is 0. The van der Waals surface area contributed by atoms with Crippen molar-refractivity contribution in [1.29, 1.82) is 0 Å². The summed E-state index contributed by atoms with van der Waals surface area (Å²) in [6, 6.07) is 2.67. The number of aryl methyl sites for hydroxylation is 2. The van der Waals surface area contributed by atoms with Gasteiger partial charge in [-0.05, 0) is 20.8 Å². The Morgan fingerprint density at radius 2 is 2.14 bits per heavy atom. The van der Waals surface area contributed by atoms with Crippen molar-refractivity contribution in [3.8, 4) is 11.6 Å². The molecule has 2 aromatic heterocycles. The third-order valence-electron chi connectivity index (χ3n) is 3.00. The van der Waals surface area contributed by atoms with Crippen LogP contribution in [0.4, 0.5) is 11.5 Å². The van der Waals surface area contributed by atoms with E-state index in [-0.39, 0.29) is 11.6 Å². The largest absolute Gasteiger partial charge is 0.435 e. The number of ether oxygens (including phenoxy) is 1. The number of nitro groups is 1. The Hall–Kier alpha value is -2.64. The maximum atomic E-state index is 11.0. The van der Waals surface area contributed by atoms with Gasteiger partial charge < -0.3 is 10.1 Å². The molecular weight excluding hydrogens is 274 g/mol. The molecule has 21 heavy (non-hydrogen) atoms. The summed E-state index contributed by atoms with van der Waals surface area (Å²) in [5.41, 5.74) is 1.45. The lowest BCUT2D eigenvalue weighted by Crippen LogP contribution is -2.02. The van der Waals surface area contributed by atoms with Gasteiger partial charge in [0.1, 0.15) is 11.5 Å². The zero-order chi connectivity index (χ0) is 15.6. The van der Waals surface area contributed by atoms with Gasteiger partial charge in [0.15, 0.2) is 5.75 Å². The summed E-state index contributed by atoms with van der Waals surface area (Å²) in [4.78, 5) is 14.7. The molecule has 8 nitrogen and oxygen atoms in total. The standard InChI is InChI=1S/C13H17N5O3/c1-5-14-11-6-10(18(19)20)7-12(15-11)21-13-8(2)16-17(4)9(13)3/h6-7H,5H2,1-4H3,(H,14,15). The van der Waals surface area contributed by atoms with Crippen LogP contribution in [0.15, 0.2) is 12.1 Å². The Kier molecular flexibility index (Phi) is 4.06. The van der Waals surface area contributed by atoms with Crippen molar-refractivity contribution in [2.24, 2.45) is 7.05 Å². The molecule has 0 aliphatic rings. The summed E-state index contributed by atoms with van der Waals surface area (Å²) < 4.78 is 7.39. The van der Waals surface area contributed by atoms with Crippen LogP contribution in [0.5, 0.6) is 11.6 Å². The van der Waals surface area contributed by atoms with E-state index in [2.05, 4.69) is 15.4 Å². The van der Waals surface area contributed by atoms with Crippen molar-refractivity contribution in [3.05, 3.63) is 33.6 Å². The molecule has 0 saturated carbocycles. The van der Waals surface area contributed by atoms with Crippen LogP contribution in [-0.2, 0) is 7.05 Å². The number of nitrogens with zero attached hydrogens (tertiary/aromatic N) is 4. The average molecular weight is 291 g/mol. The Morgan fingerprint density at radius 3 is 2.67 bits per heavy atom. The maximum absolute atomic E-state index is 11.0. The highest BCUT2D eigenvalue weighted by Gasteiger charge is 2.16. The van der Waals surface area contributed by atoms with Gasteiger partial charge in [-0.15, -0.1) is 0 Å².